The van der Waals surface area contributed by atoms with E-state index in [-0.39, 0.29) is 0 Å². The van der Waals surface area contributed by atoms with Crippen LogP contribution in [-0.4, -0.2) is 14.9 Å². The van der Waals surface area contributed by atoms with Crippen molar-refractivity contribution in [3.8, 4) is 0 Å². The van der Waals surface area contributed by atoms with Crippen molar-refractivity contribution in [1.82, 2.24) is 9.78 Å². The second kappa shape index (κ2) is 4.35. The van der Waals surface area contributed by atoms with Gasteiger partial charge in [-0.2, -0.15) is 5.10 Å². The maximum absolute atomic E-state index is 9.96. The van der Waals surface area contributed by atoms with Crippen LogP contribution in [0.4, 0.5) is 0 Å². The first kappa shape index (κ1) is 10.7. The number of halogens is 1. The fourth-order valence-electron chi connectivity index (χ4n) is 1.47. The molecule has 0 saturated heterocycles. The van der Waals surface area contributed by atoms with Gasteiger partial charge in [-0.05, 0) is 18.2 Å². The van der Waals surface area contributed by atoms with E-state index in [4.69, 9.17) is 11.6 Å². The van der Waals surface area contributed by atoms with Gasteiger partial charge in [-0.3, -0.25) is 4.68 Å². The molecule has 2 aromatic rings. The van der Waals surface area contributed by atoms with Crippen molar-refractivity contribution in [3.63, 3.8) is 0 Å². The van der Waals surface area contributed by atoms with Crippen LogP contribution in [0.2, 0.25) is 4.34 Å². The summed E-state index contributed by atoms with van der Waals surface area (Å²) in [4.78, 5) is 1.08. The molecule has 1 atom stereocenters. The average Bonchev–Trinajstić information content (AvgIpc) is 2.75. The monoisotopic (exact) mass is 242 g/mol. The number of hydrogen-bond acceptors (Lipinski definition) is 3. The lowest BCUT2D eigenvalue weighted by molar-refractivity contribution is 0.169. The highest BCUT2D eigenvalue weighted by atomic mass is 35.5. The Morgan fingerprint density at radius 3 is 2.87 bits per heavy atom. The highest BCUT2D eigenvalue weighted by molar-refractivity contribution is 7.16. The van der Waals surface area contributed by atoms with Gasteiger partial charge in [0.1, 0.15) is 6.10 Å². The molecule has 2 aromatic heterocycles. The first-order valence-electron chi connectivity index (χ1n) is 4.57. The molecule has 0 radical (unpaired) electrons. The summed E-state index contributed by atoms with van der Waals surface area (Å²) in [6.45, 7) is 0. The fraction of sp³-hybridized carbons (Fsp3) is 0.300. The standard InChI is InChI=1S/C10H11ClN2OS/c1-13-8(4-5-12-13)9(14)6-7-2-3-10(11)15-7/h2-5,9,14H,6H2,1H3. The average molecular weight is 243 g/mol. The number of aliphatic hydroxyl groups excluding tert-OH is 1. The molecule has 0 saturated carbocycles. The quantitative estimate of drug-likeness (QED) is 0.898. The van der Waals surface area contributed by atoms with Crippen LogP contribution in [0.25, 0.3) is 0 Å². The summed E-state index contributed by atoms with van der Waals surface area (Å²) in [7, 11) is 1.82. The molecule has 0 aliphatic carbocycles. The van der Waals surface area contributed by atoms with E-state index in [9.17, 15) is 5.11 Å². The lowest BCUT2D eigenvalue weighted by atomic mass is 10.1. The minimum Gasteiger partial charge on any atom is -0.386 e. The van der Waals surface area contributed by atoms with Gasteiger partial charge in [0.2, 0.25) is 0 Å². The number of aromatic nitrogens is 2. The zero-order valence-electron chi connectivity index (χ0n) is 8.22. The van der Waals surface area contributed by atoms with Gasteiger partial charge in [-0.25, -0.2) is 0 Å². The number of aryl methyl sites for hydroxylation is 1. The third-order valence-electron chi connectivity index (χ3n) is 2.22. The summed E-state index contributed by atoms with van der Waals surface area (Å²) in [6.07, 6.45) is 1.74. The number of hydrogen-bond donors (Lipinski definition) is 1. The fourth-order valence-corrected chi connectivity index (χ4v) is 2.59. The number of aliphatic hydroxyl groups is 1. The summed E-state index contributed by atoms with van der Waals surface area (Å²) >= 11 is 7.31. The van der Waals surface area contributed by atoms with Crippen molar-refractivity contribution in [2.75, 3.05) is 0 Å². The minimum absolute atomic E-state index is 0.521. The third kappa shape index (κ3) is 2.40. The van der Waals surface area contributed by atoms with Crippen LogP contribution in [0, 0.1) is 0 Å². The maximum atomic E-state index is 9.96. The summed E-state index contributed by atoms with van der Waals surface area (Å²) in [5.41, 5.74) is 0.819. The zero-order valence-corrected chi connectivity index (χ0v) is 9.79. The predicted molar refractivity (Wildman–Crippen MR) is 61.2 cm³/mol. The van der Waals surface area contributed by atoms with Crippen LogP contribution in [0.5, 0.6) is 0 Å². The molecule has 0 aliphatic heterocycles. The first-order chi connectivity index (χ1) is 7.16. The zero-order chi connectivity index (χ0) is 10.8. The van der Waals surface area contributed by atoms with E-state index in [0.29, 0.717) is 6.42 Å². The van der Waals surface area contributed by atoms with E-state index in [2.05, 4.69) is 5.10 Å². The number of rotatable bonds is 3. The van der Waals surface area contributed by atoms with Gasteiger partial charge in [-0.15, -0.1) is 11.3 Å². The lowest BCUT2D eigenvalue weighted by Crippen LogP contribution is -2.07. The van der Waals surface area contributed by atoms with Gasteiger partial charge in [0, 0.05) is 24.5 Å². The molecule has 0 spiro atoms. The van der Waals surface area contributed by atoms with E-state index in [1.54, 1.807) is 10.9 Å². The SMILES string of the molecule is Cn1nccc1C(O)Cc1ccc(Cl)s1. The van der Waals surface area contributed by atoms with Gasteiger partial charge < -0.3 is 5.11 Å². The molecule has 0 aromatic carbocycles. The highest BCUT2D eigenvalue weighted by Gasteiger charge is 2.13. The van der Waals surface area contributed by atoms with Crippen molar-refractivity contribution in [2.24, 2.45) is 7.05 Å². The molecular formula is C10H11ClN2OS. The highest BCUT2D eigenvalue weighted by Crippen LogP contribution is 2.26. The number of nitrogens with zero attached hydrogens (tertiary/aromatic N) is 2. The van der Waals surface area contributed by atoms with Crippen molar-refractivity contribution in [2.45, 2.75) is 12.5 Å². The van der Waals surface area contributed by atoms with E-state index < -0.39 is 6.10 Å². The van der Waals surface area contributed by atoms with E-state index in [0.717, 1.165) is 14.9 Å². The maximum Gasteiger partial charge on any atom is 0.100 e. The van der Waals surface area contributed by atoms with E-state index in [1.165, 1.54) is 11.3 Å². The number of thiophene rings is 1. The molecule has 80 valence electrons. The lowest BCUT2D eigenvalue weighted by Gasteiger charge is -2.09. The molecule has 1 unspecified atom stereocenters. The van der Waals surface area contributed by atoms with Gasteiger partial charge in [-0.1, -0.05) is 11.6 Å². The molecule has 0 aliphatic rings. The summed E-state index contributed by atoms with van der Waals surface area (Å²) in [6, 6.07) is 5.60. The Hall–Kier alpha value is -0.840. The van der Waals surface area contributed by atoms with Crippen LogP contribution >= 0.6 is 22.9 Å². The molecular weight excluding hydrogens is 232 g/mol. The minimum atomic E-state index is -0.521. The molecule has 5 heteroatoms. The molecule has 3 nitrogen and oxygen atoms in total. The van der Waals surface area contributed by atoms with Crippen LogP contribution in [0.1, 0.15) is 16.7 Å². The van der Waals surface area contributed by atoms with Gasteiger partial charge >= 0.3 is 0 Å². The van der Waals surface area contributed by atoms with Gasteiger partial charge in [0.25, 0.3) is 0 Å². The second-order valence-corrected chi connectivity index (χ2v) is 5.11. The first-order valence-corrected chi connectivity index (χ1v) is 5.76. The van der Waals surface area contributed by atoms with Crippen LogP contribution in [0.3, 0.4) is 0 Å². The van der Waals surface area contributed by atoms with Crippen molar-refractivity contribution in [1.29, 1.82) is 0 Å². The Bertz CT molecular complexity index is 452. The smallest absolute Gasteiger partial charge is 0.100 e. The predicted octanol–water partition coefficient (Wildman–Crippen LogP) is 2.41. The van der Waals surface area contributed by atoms with Crippen LogP contribution < -0.4 is 0 Å². The third-order valence-corrected chi connectivity index (χ3v) is 3.48. The van der Waals surface area contributed by atoms with Gasteiger partial charge in [0.15, 0.2) is 0 Å². The molecule has 0 amide bonds. The Kier molecular flexibility index (Phi) is 3.09. The van der Waals surface area contributed by atoms with Crippen LogP contribution in [0.15, 0.2) is 24.4 Å². The molecule has 1 N–H and O–H groups in total. The van der Waals surface area contributed by atoms with Crippen LogP contribution in [-0.2, 0) is 13.5 Å². The van der Waals surface area contributed by atoms with E-state index >= 15 is 0 Å². The van der Waals surface area contributed by atoms with Crippen molar-refractivity contribution >= 4 is 22.9 Å². The molecule has 2 rings (SSSR count). The molecule has 0 bridgehead atoms. The Morgan fingerprint density at radius 2 is 2.33 bits per heavy atom. The largest absolute Gasteiger partial charge is 0.386 e. The summed E-state index contributed by atoms with van der Waals surface area (Å²) in [5.74, 6) is 0. The second-order valence-electron chi connectivity index (χ2n) is 3.31. The summed E-state index contributed by atoms with van der Waals surface area (Å²) in [5, 5.41) is 14.0. The van der Waals surface area contributed by atoms with E-state index in [1.807, 2.05) is 25.2 Å². The Labute approximate surface area is 96.9 Å². The molecule has 15 heavy (non-hydrogen) atoms. The Balaban J connectivity index is 2.10. The molecule has 2 heterocycles. The summed E-state index contributed by atoms with van der Waals surface area (Å²) < 4.78 is 2.43. The van der Waals surface area contributed by atoms with Gasteiger partial charge in [0.05, 0.1) is 10.0 Å². The molecule has 0 fully saturated rings. The Morgan fingerprint density at radius 1 is 1.53 bits per heavy atom. The normalized spacial score (nSPS) is 13.0. The van der Waals surface area contributed by atoms with Crippen molar-refractivity contribution in [3.05, 3.63) is 39.3 Å². The van der Waals surface area contributed by atoms with Crippen molar-refractivity contribution < 1.29 is 5.11 Å². The topological polar surface area (TPSA) is 38.0 Å².